The van der Waals surface area contributed by atoms with Crippen molar-refractivity contribution >= 4 is 27.5 Å². The SMILES string of the molecule is Cc1cc(C(=O)Nc2ccc(C)c(Br)c2)n(C)n1. The summed E-state index contributed by atoms with van der Waals surface area (Å²) in [6.45, 7) is 3.86. The van der Waals surface area contributed by atoms with Crippen molar-refractivity contribution < 1.29 is 4.79 Å². The molecule has 1 N–H and O–H groups in total. The lowest BCUT2D eigenvalue weighted by molar-refractivity contribution is 0.101. The molecule has 0 aliphatic heterocycles. The largest absolute Gasteiger partial charge is 0.321 e. The molecule has 4 nitrogen and oxygen atoms in total. The normalized spacial score (nSPS) is 10.4. The van der Waals surface area contributed by atoms with Crippen LogP contribution in [0.25, 0.3) is 0 Å². The summed E-state index contributed by atoms with van der Waals surface area (Å²) < 4.78 is 2.55. The van der Waals surface area contributed by atoms with E-state index in [0.29, 0.717) is 5.69 Å². The zero-order valence-electron chi connectivity index (χ0n) is 10.5. The summed E-state index contributed by atoms with van der Waals surface area (Å²) >= 11 is 3.44. The minimum Gasteiger partial charge on any atom is -0.321 e. The summed E-state index contributed by atoms with van der Waals surface area (Å²) in [7, 11) is 1.76. The lowest BCUT2D eigenvalue weighted by Crippen LogP contribution is -2.16. The molecule has 0 fully saturated rings. The zero-order chi connectivity index (χ0) is 13.3. The molecule has 0 atom stereocenters. The van der Waals surface area contributed by atoms with Gasteiger partial charge in [-0.1, -0.05) is 22.0 Å². The van der Waals surface area contributed by atoms with Gasteiger partial charge >= 0.3 is 0 Å². The number of nitrogens with zero attached hydrogens (tertiary/aromatic N) is 2. The molecule has 0 radical (unpaired) electrons. The second kappa shape index (κ2) is 4.94. The van der Waals surface area contributed by atoms with E-state index in [1.165, 1.54) is 0 Å². The summed E-state index contributed by atoms with van der Waals surface area (Å²) in [4.78, 5) is 12.1. The van der Waals surface area contributed by atoms with Crippen LogP contribution in [0, 0.1) is 13.8 Å². The number of aromatic nitrogens is 2. The molecule has 0 aliphatic carbocycles. The molecule has 1 aromatic carbocycles. The summed E-state index contributed by atoms with van der Waals surface area (Å²) in [5, 5.41) is 7.00. The van der Waals surface area contributed by atoms with E-state index in [4.69, 9.17) is 0 Å². The molecule has 0 unspecified atom stereocenters. The van der Waals surface area contributed by atoms with Gasteiger partial charge in [0.1, 0.15) is 5.69 Å². The highest BCUT2D eigenvalue weighted by molar-refractivity contribution is 9.10. The zero-order valence-corrected chi connectivity index (χ0v) is 12.1. The second-order valence-corrected chi connectivity index (χ2v) is 5.07. The fourth-order valence-corrected chi connectivity index (χ4v) is 2.07. The molecule has 0 aliphatic rings. The van der Waals surface area contributed by atoms with Crippen LogP contribution < -0.4 is 5.32 Å². The van der Waals surface area contributed by atoms with Crippen molar-refractivity contribution in [3.8, 4) is 0 Å². The van der Waals surface area contributed by atoms with E-state index in [0.717, 1.165) is 21.4 Å². The number of halogens is 1. The Bertz CT molecular complexity index is 604. The fraction of sp³-hybridized carbons (Fsp3) is 0.231. The maximum atomic E-state index is 12.1. The van der Waals surface area contributed by atoms with Crippen molar-refractivity contribution in [2.24, 2.45) is 7.05 Å². The highest BCUT2D eigenvalue weighted by Gasteiger charge is 2.12. The predicted octanol–water partition coefficient (Wildman–Crippen LogP) is 3.05. The van der Waals surface area contributed by atoms with Gasteiger partial charge in [0.2, 0.25) is 0 Å². The number of hydrogen-bond donors (Lipinski definition) is 1. The van der Waals surface area contributed by atoms with E-state index in [1.807, 2.05) is 32.0 Å². The van der Waals surface area contributed by atoms with E-state index in [2.05, 4.69) is 26.3 Å². The topological polar surface area (TPSA) is 46.9 Å². The quantitative estimate of drug-likeness (QED) is 0.927. The average Bonchev–Trinajstić information content (AvgIpc) is 2.63. The van der Waals surface area contributed by atoms with Gasteiger partial charge in [-0.15, -0.1) is 0 Å². The van der Waals surface area contributed by atoms with Crippen LogP contribution in [0.15, 0.2) is 28.7 Å². The van der Waals surface area contributed by atoms with Crippen LogP contribution in [-0.2, 0) is 7.05 Å². The standard InChI is InChI=1S/C13H14BrN3O/c1-8-4-5-10(7-11(8)14)15-13(18)12-6-9(2)16-17(12)3/h4-7H,1-3H3,(H,15,18). The monoisotopic (exact) mass is 307 g/mol. The van der Waals surface area contributed by atoms with Crippen LogP contribution in [-0.4, -0.2) is 15.7 Å². The molecular formula is C13H14BrN3O. The van der Waals surface area contributed by atoms with Crippen LogP contribution in [0.5, 0.6) is 0 Å². The molecule has 1 heterocycles. The first-order valence-corrected chi connectivity index (χ1v) is 6.35. The predicted molar refractivity (Wildman–Crippen MR) is 74.8 cm³/mol. The number of carbonyl (C=O) groups excluding carboxylic acids is 1. The molecule has 5 heteroatoms. The number of aryl methyl sites for hydroxylation is 3. The Hall–Kier alpha value is -1.62. The number of rotatable bonds is 2. The summed E-state index contributed by atoms with van der Waals surface area (Å²) in [5.74, 6) is -0.158. The van der Waals surface area contributed by atoms with Gasteiger partial charge < -0.3 is 5.32 Å². The Morgan fingerprint density at radius 1 is 1.33 bits per heavy atom. The molecule has 2 rings (SSSR count). The van der Waals surface area contributed by atoms with E-state index < -0.39 is 0 Å². The summed E-state index contributed by atoms with van der Waals surface area (Å²) in [5.41, 5.74) is 3.26. The number of hydrogen-bond acceptors (Lipinski definition) is 2. The third kappa shape index (κ3) is 2.61. The fourth-order valence-electron chi connectivity index (χ4n) is 1.69. The Kier molecular flexibility index (Phi) is 3.52. The highest BCUT2D eigenvalue weighted by Crippen LogP contribution is 2.21. The molecule has 0 bridgehead atoms. The van der Waals surface area contributed by atoms with Crippen molar-refractivity contribution in [1.29, 1.82) is 0 Å². The van der Waals surface area contributed by atoms with Crippen LogP contribution in [0.1, 0.15) is 21.7 Å². The van der Waals surface area contributed by atoms with Crippen LogP contribution in [0.4, 0.5) is 5.69 Å². The van der Waals surface area contributed by atoms with Crippen LogP contribution >= 0.6 is 15.9 Å². The van der Waals surface area contributed by atoms with E-state index in [-0.39, 0.29) is 5.91 Å². The number of benzene rings is 1. The minimum absolute atomic E-state index is 0.158. The lowest BCUT2D eigenvalue weighted by Gasteiger charge is -2.07. The second-order valence-electron chi connectivity index (χ2n) is 4.21. The molecule has 94 valence electrons. The smallest absolute Gasteiger partial charge is 0.273 e. The number of carbonyl (C=O) groups is 1. The van der Waals surface area contributed by atoms with Gasteiger partial charge in [-0.05, 0) is 37.6 Å². The molecule has 0 saturated heterocycles. The number of anilines is 1. The third-order valence-corrected chi connectivity index (χ3v) is 3.52. The van der Waals surface area contributed by atoms with Gasteiger partial charge in [0, 0.05) is 17.2 Å². The van der Waals surface area contributed by atoms with Crippen molar-refractivity contribution in [3.05, 3.63) is 45.7 Å². The van der Waals surface area contributed by atoms with Gasteiger partial charge in [0.15, 0.2) is 0 Å². The van der Waals surface area contributed by atoms with Crippen molar-refractivity contribution in [1.82, 2.24) is 9.78 Å². The Labute approximate surface area is 114 Å². The Morgan fingerprint density at radius 3 is 2.61 bits per heavy atom. The van der Waals surface area contributed by atoms with Crippen LogP contribution in [0.3, 0.4) is 0 Å². The molecular weight excluding hydrogens is 294 g/mol. The molecule has 2 aromatic rings. The maximum absolute atomic E-state index is 12.1. The molecule has 1 aromatic heterocycles. The average molecular weight is 308 g/mol. The van der Waals surface area contributed by atoms with Gasteiger partial charge in [-0.2, -0.15) is 5.10 Å². The molecule has 0 spiro atoms. The van der Waals surface area contributed by atoms with E-state index >= 15 is 0 Å². The molecule has 1 amide bonds. The van der Waals surface area contributed by atoms with Crippen molar-refractivity contribution in [3.63, 3.8) is 0 Å². The first kappa shape index (κ1) is 12.8. The van der Waals surface area contributed by atoms with Gasteiger partial charge in [-0.3, -0.25) is 9.48 Å². The highest BCUT2D eigenvalue weighted by atomic mass is 79.9. The van der Waals surface area contributed by atoms with Gasteiger partial charge in [0.05, 0.1) is 5.69 Å². The van der Waals surface area contributed by atoms with Crippen LogP contribution in [0.2, 0.25) is 0 Å². The van der Waals surface area contributed by atoms with E-state index in [1.54, 1.807) is 17.8 Å². The summed E-state index contributed by atoms with van der Waals surface area (Å²) in [6.07, 6.45) is 0. The molecule has 0 saturated carbocycles. The van der Waals surface area contributed by atoms with Gasteiger partial charge in [-0.25, -0.2) is 0 Å². The first-order valence-electron chi connectivity index (χ1n) is 5.55. The van der Waals surface area contributed by atoms with E-state index in [9.17, 15) is 4.79 Å². The minimum atomic E-state index is -0.158. The number of nitrogens with one attached hydrogen (secondary N) is 1. The number of amides is 1. The van der Waals surface area contributed by atoms with Crippen molar-refractivity contribution in [2.45, 2.75) is 13.8 Å². The summed E-state index contributed by atoms with van der Waals surface area (Å²) in [6, 6.07) is 7.48. The van der Waals surface area contributed by atoms with Crippen molar-refractivity contribution in [2.75, 3.05) is 5.32 Å². The maximum Gasteiger partial charge on any atom is 0.273 e. The Morgan fingerprint density at radius 2 is 2.06 bits per heavy atom. The Balaban J connectivity index is 2.21. The molecule has 18 heavy (non-hydrogen) atoms. The first-order chi connectivity index (χ1) is 8.47. The third-order valence-electron chi connectivity index (χ3n) is 2.66. The lowest BCUT2D eigenvalue weighted by atomic mass is 10.2. The van der Waals surface area contributed by atoms with Gasteiger partial charge in [0.25, 0.3) is 5.91 Å².